The minimum absolute atomic E-state index is 0.107. The SMILES string of the molecule is O=C(Nc1ccc(N2CCN(C(=O)c3ccco3)CC2)c(Cl)c1)c1ccc(OCc2ccccc2)cc1. The molecule has 5 rings (SSSR count). The van der Waals surface area contributed by atoms with Crippen LogP contribution in [0.5, 0.6) is 5.75 Å². The summed E-state index contributed by atoms with van der Waals surface area (Å²) in [5.74, 6) is 0.702. The molecular formula is C29H26ClN3O4. The highest BCUT2D eigenvalue weighted by Crippen LogP contribution is 2.30. The molecule has 2 heterocycles. The summed E-state index contributed by atoms with van der Waals surface area (Å²) in [5.41, 5.74) is 3.07. The highest BCUT2D eigenvalue weighted by molar-refractivity contribution is 6.33. The van der Waals surface area contributed by atoms with E-state index in [2.05, 4.69) is 10.2 Å². The van der Waals surface area contributed by atoms with Gasteiger partial charge in [0.05, 0.1) is 17.0 Å². The van der Waals surface area contributed by atoms with E-state index in [1.807, 2.05) is 42.5 Å². The molecule has 0 saturated carbocycles. The van der Waals surface area contributed by atoms with Gasteiger partial charge < -0.3 is 24.3 Å². The number of hydrogen-bond donors (Lipinski definition) is 1. The number of carbonyl (C=O) groups is 2. The van der Waals surface area contributed by atoms with Gasteiger partial charge in [-0.25, -0.2) is 0 Å². The zero-order chi connectivity index (χ0) is 25.6. The highest BCUT2D eigenvalue weighted by Gasteiger charge is 2.24. The molecule has 2 amide bonds. The standard InChI is InChI=1S/C29H26ClN3O4/c30-25-19-23(10-13-26(25)32-14-16-33(17-15-32)29(35)27-7-4-18-36-27)31-28(34)22-8-11-24(12-9-22)37-20-21-5-2-1-3-6-21/h1-13,18-19H,14-17,20H2,(H,31,34). The van der Waals surface area contributed by atoms with Crippen LogP contribution in [-0.2, 0) is 6.61 Å². The van der Waals surface area contributed by atoms with Crippen molar-refractivity contribution in [2.75, 3.05) is 36.4 Å². The Morgan fingerprint density at radius 2 is 1.65 bits per heavy atom. The second-order valence-corrected chi connectivity index (χ2v) is 9.08. The molecule has 0 atom stereocenters. The van der Waals surface area contributed by atoms with Gasteiger partial charge in [-0.3, -0.25) is 9.59 Å². The highest BCUT2D eigenvalue weighted by atomic mass is 35.5. The Kier molecular flexibility index (Phi) is 7.42. The van der Waals surface area contributed by atoms with Gasteiger partial charge in [0.2, 0.25) is 0 Å². The van der Waals surface area contributed by atoms with Crippen LogP contribution in [0.15, 0.2) is 95.6 Å². The predicted octanol–water partition coefficient (Wildman–Crippen LogP) is 5.73. The molecule has 7 nitrogen and oxygen atoms in total. The fraction of sp³-hybridized carbons (Fsp3) is 0.172. The van der Waals surface area contributed by atoms with Crippen LogP contribution in [0, 0.1) is 0 Å². The summed E-state index contributed by atoms with van der Waals surface area (Å²) < 4.78 is 11.0. The number of rotatable bonds is 7. The number of carbonyl (C=O) groups excluding carboxylic acids is 2. The molecule has 1 aliphatic rings. The van der Waals surface area contributed by atoms with Crippen molar-refractivity contribution in [3.05, 3.63) is 113 Å². The molecule has 1 saturated heterocycles. The van der Waals surface area contributed by atoms with Crippen LogP contribution >= 0.6 is 11.6 Å². The molecule has 1 aromatic heterocycles. The fourth-order valence-corrected chi connectivity index (χ4v) is 4.49. The zero-order valence-corrected chi connectivity index (χ0v) is 20.9. The molecule has 0 spiro atoms. The third-order valence-corrected chi connectivity index (χ3v) is 6.51. The van der Waals surface area contributed by atoms with E-state index < -0.39 is 0 Å². The van der Waals surface area contributed by atoms with Gasteiger partial charge in [-0.05, 0) is 60.2 Å². The Bertz CT molecular complexity index is 1350. The minimum Gasteiger partial charge on any atom is -0.489 e. The molecule has 1 aliphatic heterocycles. The normalized spacial score (nSPS) is 13.3. The van der Waals surface area contributed by atoms with Gasteiger partial charge in [0.1, 0.15) is 12.4 Å². The number of halogens is 1. The number of furan rings is 1. The Labute approximate surface area is 220 Å². The first-order valence-electron chi connectivity index (χ1n) is 12.0. The maximum Gasteiger partial charge on any atom is 0.289 e. The number of anilines is 2. The fourth-order valence-electron chi connectivity index (χ4n) is 4.19. The average Bonchev–Trinajstić information content (AvgIpc) is 3.48. The van der Waals surface area contributed by atoms with Gasteiger partial charge in [0.25, 0.3) is 11.8 Å². The van der Waals surface area contributed by atoms with Crippen molar-refractivity contribution in [2.45, 2.75) is 6.61 Å². The van der Waals surface area contributed by atoms with E-state index >= 15 is 0 Å². The van der Waals surface area contributed by atoms with E-state index in [1.54, 1.807) is 47.4 Å². The lowest BCUT2D eigenvalue weighted by Gasteiger charge is -2.36. The maximum absolute atomic E-state index is 12.7. The third-order valence-electron chi connectivity index (χ3n) is 6.21. The summed E-state index contributed by atoms with van der Waals surface area (Å²) in [5, 5.41) is 3.43. The van der Waals surface area contributed by atoms with Gasteiger partial charge in [-0.1, -0.05) is 41.9 Å². The Balaban J connectivity index is 1.15. The zero-order valence-electron chi connectivity index (χ0n) is 20.1. The van der Waals surface area contributed by atoms with Gasteiger partial charge in [-0.2, -0.15) is 0 Å². The third kappa shape index (κ3) is 5.95. The summed E-state index contributed by atoms with van der Waals surface area (Å²) in [6.07, 6.45) is 1.50. The van der Waals surface area contributed by atoms with E-state index in [0.717, 1.165) is 11.3 Å². The summed E-state index contributed by atoms with van der Waals surface area (Å²) >= 11 is 6.57. The molecule has 0 radical (unpaired) electrons. The van der Waals surface area contributed by atoms with Gasteiger partial charge in [0.15, 0.2) is 5.76 Å². The van der Waals surface area contributed by atoms with Crippen LogP contribution in [0.3, 0.4) is 0 Å². The van der Waals surface area contributed by atoms with E-state index in [4.69, 9.17) is 20.8 Å². The molecule has 1 N–H and O–H groups in total. The smallest absolute Gasteiger partial charge is 0.289 e. The molecular weight excluding hydrogens is 490 g/mol. The monoisotopic (exact) mass is 515 g/mol. The van der Waals surface area contributed by atoms with Crippen LogP contribution in [0.25, 0.3) is 0 Å². The predicted molar refractivity (Wildman–Crippen MR) is 143 cm³/mol. The summed E-state index contributed by atoms with van der Waals surface area (Å²) in [6, 6.07) is 25.8. The first-order valence-corrected chi connectivity index (χ1v) is 12.4. The first kappa shape index (κ1) is 24.5. The number of hydrogen-bond acceptors (Lipinski definition) is 5. The Morgan fingerprint density at radius 3 is 2.32 bits per heavy atom. The number of nitrogens with zero attached hydrogens (tertiary/aromatic N) is 2. The number of amides is 2. The van der Waals surface area contributed by atoms with Gasteiger partial charge in [-0.15, -0.1) is 0 Å². The molecule has 1 fully saturated rings. The summed E-state index contributed by atoms with van der Waals surface area (Å²) in [7, 11) is 0. The van der Waals surface area contributed by atoms with Crippen molar-refractivity contribution in [1.29, 1.82) is 0 Å². The minimum atomic E-state index is -0.233. The molecule has 4 aromatic rings. The quantitative estimate of drug-likeness (QED) is 0.340. The van der Waals surface area contributed by atoms with Crippen LogP contribution in [0.1, 0.15) is 26.5 Å². The van der Waals surface area contributed by atoms with Gasteiger partial charge >= 0.3 is 0 Å². The lowest BCUT2D eigenvalue weighted by molar-refractivity contribution is 0.0714. The van der Waals surface area contributed by atoms with Crippen molar-refractivity contribution in [3.8, 4) is 5.75 Å². The number of piperazine rings is 1. The van der Waals surface area contributed by atoms with Crippen molar-refractivity contribution >= 4 is 34.8 Å². The molecule has 8 heteroatoms. The van der Waals surface area contributed by atoms with E-state index in [-0.39, 0.29) is 11.8 Å². The number of nitrogens with one attached hydrogen (secondary N) is 1. The molecule has 37 heavy (non-hydrogen) atoms. The summed E-state index contributed by atoms with van der Waals surface area (Å²) in [6.45, 7) is 2.90. The molecule has 0 unspecified atom stereocenters. The topological polar surface area (TPSA) is 75.0 Å². The van der Waals surface area contributed by atoms with Crippen molar-refractivity contribution < 1.29 is 18.7 Å². The second-order valence-electron chi connectivity index (χ2n) is 8.68. The molecule has 0 bridgehead atoms. The van der Waals surface area contributed by atoms with E-state index in [9.17, 15) is 9.59 Å². The molecule has 3 aromatic carbocycles. The molecule has 188 valence electrons. The van der Waals surface area contributed by atoms with Crippen molar-refractivity contribution in [3.63, 3.8) is 0 Å². The van der Waals surface area contributed by atoms with Gasteiger partial charge in [0, 0.05) is 37.4 Å². The largest absolute Gasteiger partial charge is 0.489 e. The first-order chi connectivity index (χ1) is 18.1. The van der Waals surface area contributed by atoms with Crippen molar-refractivity contribution in [2.24, 2.45) is 0 Å². The second kappa shape index (κ2) is 11.2. The summed E-state index contributed by atoms with van der Waals surface area (Å²) in [4.78, 5) is 29.1. The number of benzene rings is 3. The lowest BCUT2D eigenvalue weighted by Crippen LogP contribution is -2.48. The number of ether oxygens (including phenoxy) is 1. The van der Waals surface area contributed by atoms with E-state index in [1.165, 1.54) is 6.26 Å². The van der Waals surface area contributed by atoms with Crippen LogP contribution in [-0.4, -0.2) is 42.9 Å². The van der Waals surface area contributed by atoms with Crippen LogP contribution in [0.4, 0.5) is 11.4 Å². The van der Waals surface area contributed by atoms with Crippen molar-refractivity contribution in [1.82, 2.24) is 4.90 Å². The Morgan fingerprint density at radius 1 is 0.892 bits per heavy atom. The maximum atomic E-state index is 12.7. The van der Waals surface area contributed by atoms with E-state index in [0.29, 0.717) is 60.6 Å². The Hall–Kier alpha value is -4.23. The lowest BCUT2D eigenvalue weighted by atomic mass is 10.2. The average molecular weight is 516 g/mol. The van der Waals surface area contributed by atoms with Crippen LogP contribution < -0.4 is 15.0 Å². The van der Waals surface area contributed by atoms with Crippen LogP contribution in [0.2, 0.25) is 5.02 Å². The molecule has 0 aliphatic carbocycles.